The summed E-state index contributed by atoms with van der Waals surface area (Å²) in [6.45, 7) is 1.95. The maximum absolute atomic E-state index is 5.47. The van der Waals surface area contributed by atoms with Crippen LogP contribution in [0.15, 0.2) is 18.3 Å². The largest absolute Gasteiger partial charge is 0.326 e. The fourth-order valence-corrected chi connectivity index (χ4v) is 1.16. The molecule has 0 bridgehead atoms. The fourth-order valence-electron chi connectivity index (χ4n) is 1.16. The van der Waals surface area contributed by atoms with Crippen LogP contribution in [0, 0.1) is 12.3 Å². The summed E-state index contributed by atoms with van der Waals surface area (Å²) < 4.78 is 0. The Balaban J connectivity index is 2.56. The van der Waals surface area contributed by atoms with Gasteiger partial charge in [-0.05, 0) is 18.7 Å². The van der Waals surface area contributed by atoms with E-state index in [9.17, 15) is 0 Å². The summed E-state index contributed by atoms with van der Waals surface area (Å²) in [6.07, 6.45) is 7.00. The minimum absolute atomic E-state index is 0.535. The van der Waals surface area contributed by atoms with Crippen LogP contribution in [0.2, 0.25) is 0 Å². The van der Waals surface area contributed by atoms with E-state index in [0.29, 0.717) is 13.1 Å². The predicted molar refractivity (Wildman–Crippen MR) is 57.3 cm³/mol. The predicted octanol–water partition coefficient (Wildman–Crippen LogP) is 0.605. The molecule has 0 aromatic carbocycles. The molecule has 3 nitrogen and oxygen atoms in total. The van der Waals surface area contributed by atoms with Crippen molar-refractivity contribution in [1.82, 2.24) is 9.88 Å². The highest BCUT2D eigenvalue weighted by Crippen LogP contribution is 2.01. The summed E-state index contributed by atoms with van der Waals surface area (Å²) in [5.74, 6) is 2.59. The average molecular weight is 189 g/mol. The monoisotopic (exact) mass is 189 g/mol. The van der Waals surface area contributed by atoms with E-state index < -0.39 is 0 Å². The lowest BCUT2D eigenvalue weighted by molar-refractivity contribution is 0.364. The highest BCUT2D eigenvalue weighted by Gasteiger charge is 1.99. The molecule has 74 valence electrons. The molecule has 3 heteroatoms. The second-order valence-corrected chi connectivity index (χ2v) is 3.24. The first-order valence-electron chi connectivity index (χ1n) is 4.52. The van der Waals surface area contributed by atoms with Crippen molar-refractivity contribution in [3.8, 4) is 12.3 Å². The molecular formula is C11H15N3. The number of hydrogen-bond donors (Lipinski definition) is 1. The molecule has 0 aliphatic heterocycles. The average Bonchev–Trinajstić information content (AvgIpc) is 2.19. The topological polar surface area (TPSA) is 42.1 Å². The van der Waals surface area contributed by atoms with Crippen LogP contribution in [-0.2, 0) is 13.1 Å². The fraction of sp³-hybridized carbons (Fsp3) is 0.364. The number of nitrogens with zero attached hydrogens (tertiary/aromatic N) is 2. The summed E-state index contributed by atoms with van der Waals surface area (Å²) in [6, 6.07) is 3.97. The van der Waals surface area contributed by atoms with E-state index >= 15 is 0 Å². The molecule has 0 aliphatic rings. The molecule has 1 aromatic rings. The van der Waals surface area contributed by atoms with Crippen molar-refractivity contribution < 1.29 is 0 Å². The molecule has 2 N–H and O–H groups in total. The summed E-state index contributed by atoms with van der Waals surface area (Å²) in [5, 5.41) is 0. The quantitative estimate of drug-likeness (QED) is 0.705. The molecule has 0 fully saturated rings. The SMILES string of the molecule is C#CCN(C)Cc1ccc(CN)cn1. The van der Waals surface area contributed by atoms with Gasteiger partial charge in [0.2, 0.25) is 0 Å². The van der Waals surface area contributed by atoms with Gasteiger partial charge in [-0.2, -0.15) is 0 Å². The zero-order valence-corrected chi connectivity index (χ0v) is 8.40. The van der Waals surface area contributed by atoms with Crippen molar-refractivity contribution in [3.63, 3.8) is 0 Å². The molecule has 0 saturated carbocycles. The second-order valence-electron chi connectivity index (χ2n) is 3.24. The highest BCUT2D eigenvalue weighted by atomic mass is 15.1. The Kier molecular flexibility index (Phi) is 4.11. The van der Waals surface area contributed by atoms with Crippen LogP contribution in [0.1, 0.15) is 11.3 Å². The van der Waals surface area contributed by atoms with Crippen LogP contribution in [0.3, 0.4) is 0 Å². The van der Waals surface area contributed by atoms with Gasteiger partial charge in [-0.15, -0.1) is 6.42 Å². The number of pyridine rings is 1. The summed E-state index contributed by atoms with van der Waals surface area (Å²) in [5.41, 5.74) is 7.54. The minimum atomic E-state index is 0.535. The first-order valence-corrected chi connectivity index (χ1v) is 4.52. The zero-order valence-electron chi connectivity index (χ0n) is 8.40. The van der Waals surface area contributed by atoms with Gasteiger partial charge in [0.1, 0.15) is 0 Å². The molecule has 0 radical (unpaired) electrons. The standard InChI is InChI=1S/C11H15N3/c1-3-6-14(2)9-11-5-4-10(7-12)8-13-11/h1,4-5,8H,6-7,9,12H2,2H3. The Labute approximate surface area is 84.9 Å². The molecule has 14 heavy (non-hydrogen) atoms. The van der Waals surface area contributed by atoms with Crippen molar-refractivity contribution >= 4 is 0 Å². The molecule has 1 heterocycles. The van der Waals surface area contributed by atoms with E-state index in [1.165, 1.54) is 0 Å². The van der Waals surface area contributed by atoms with Crippen LogP contribution in [-0.4, -0.2) is 23.5 Å². The van der Waals surface area contributed by atoms with Crippen molar-refractivity contribution in [2.45, 2.75) is 13.1 Å². The van der Waals surface area contributed by atoms with Gasteiger partial charge >= 0.3 is 0 Å². The Bertz CT molecular complexity index is 310. The van der Waals surface area contributed by atoms with Crippen LogP contribution in [0.4, 0.5) is 0 Å². The summed E-state index contributed by atoms with van der Waals surface area (Å²) >= 11 is 0. The highest BCUT2D eigenvalue weighted by molar-refractivity contribution is 5.13. The third-order valence-electron chi connectivity index (χ3n) is 1.91. The lowest BCUT2D eigenvalue weighted by Gasteiger charge is -2.12. The number of aromatic nitrogens is 1. The zero-order chi connectivity index (χ0) is 10.4. The maximum atomic E-state index is 5.47. The van der Waals surface area contributed by atoms with E-state index in [2.05, 4.69) is 10.9 Å². The Morgan fingerprint density at radius 1 is 1.57 bits per heavy atom. The molecule has 0 spiro atoms. The van der Waals surface area contributed by atoms with Gasteiger partial charge < -0.3 is 5.73 Å². The third-order valence-corrected chi connectivity index (χ3v) is 1.91. The Morgan fingerprint density at radius 3 is 2.86 bits per heavy atom. The molecule has 0 aliphatic carbocycles. The molecule has 0 saturated heterocycles. The number of terminal acetylenes is 1. The Morgan fingerprint density at radius 2 is 2.36 bits per heavy atom. The molecule has 0 unspecified atom stereocenters. The molecule has 0 atom stereocenters. The molecule has 1 rings (SSSR count). The van der Waals surface area contributed by atoms with Gasteiger partial charge in [0, 0.05) is 19.3 Å². The number of rotatable bonds is 4. The van der Waals surface area contributed by atoms with Gasteiger partial charge in [-0.3, -0.25) is 9.88 Å². The molecule has 0 amide bonds. The van der Waals surface area contributed by atoms with Crippen LogP contribution >= 0.6 is 0 Å². The van der Waals surface area contributed by atoms with Crippen LogP contribution in [0.5, 0.6) is 0 Å². The van der Waals surface area contributed by atoms with Gasteiger partial charge in [0.25, 0.3) is 0 Å². The molecule has 1 aromatic heterocycles. The van der Waals surface area contributed by atoms with E-state index in [0.717, 1.165) is 17.8 Å². The minimum Gasteiger partial charge on any atom is -0.326 e. The van der Waals surface area contributed by atoms with Crippen molar-refractivity contribution in [3.05, 3.63) is 29.6 Å². The van der Waals surface area contributed by atoms with Crippen LogP contribution < -0.4 is 5.73 Å². The summed E-state index contributed by atoms with van der Waals surface area (Å²) in [4.78, 5) is 6.31. The van der Waals surface area contributed by atoms with E-state index in [1.807, 2.05) is 24.1 Å². The second kappa shape index (κ2) is 5.38. The van der Waals surface area contributed by atoms with Gasteiger partial charge in [0.05, 0.1) is 12.2 Å². The first-order chi connectivity index (χ1) is 6.76. The van der Waals surface area contributed by atoms with Crippen LogP contribution in [0.25, 0.3) is 0 Å². The first kappa shape index (κ1) is 10.7. The van der Waals surface area contributed by atoms with Gasteiger partial charge in [-0.25, -0.2) is 0 Å². The smallest absolute Gasteiger partial charge is 0.0599 e. The summed E-state index contributed by atoms with van der Waals surface area (Å²) in [7, 11) is 1.97. The van der Waals surface area contributed by atoms with Crippen molar-refractivity contribution in [1.29, 1.82) is 0 Å². The molecular weight excluding hydrogens is 174 g/mol. The lowest BCUT2D eigenvalue weighted by atomic mass is 10.2. The van der Waals surface area contributed by atoms with Crippen molar-refractivity contribution in [2.75, 3.05) is 13.6 Å². The van der Waals surface area contributed by atoms with E-state index in [1.54, 1.807) is 6.20 Å². The van der Waals surface area contributed by atoms with E-state index in [-0.39, 0.29) is 0 Å². The Hall–Kier alpha value is -1.37. The van der Waals surface area contributed by atoms with Gasteiger partial charge in [-0.1, -0.05) is 12.0 Å². The maximum Gasteiger partial charge on any atom is 0.0599 e. The number of hydrogen-bond acceptors (Lipinski definition) is 3. The van der Waals surface area contributed by atoms with E-state index in [4.69, 9.17) is 12.2 Å². The van der Waals surface area contributed by atoms with Crippen molar-refractivity contribution in [2.24, 2.45) is 5.73 Å². The number of nitrogens with two attached hydrogens (primary N) is 1. The van der Waals surface area contributed by atoms with Gasteiger partial charge in [0.15, 0.2) is 0 Å². The third kappa shape index (κ3) is 3.17. The lowest BCUT2D eigenvalue weighted by Crippen LogP contribution is -2.18. The normalized spacial score (nSPS) is 10.1.